The van der Waals surface area contributed by atoms with Crippen molar-refractivity contribution in [1.29, 1.82) is 0 Å². The smallest absolute Gasteiger partial charge is 0.0816 e. The SMILES string of the molecule is Brc1ccc(Cc2c(Sc3ccc(Br)cc3)[nH]c3ccccc23)cc1. The minimum Gasteiger partial charge on any atom is -0.349 e. The quantitative estimate of drug-likeness (QED) is 0.326. The van der Waals surface area contributed by atoms with E-state index in [9.17, 15) is 0 Å². The first-order valence-electron chi connectivity index (χ1n) is 7.96. The number of fused-ring (bicyclic) bond motifs is 1. The van der Waals surface area contributed by atoms with Gasteiger partial charge < -0.3 is 4.98 Å². The van der Waals surface area contributed by atoms with Crippen LogP contribution in [0.4, 0.5) is 0 Å². The third-order valence-electron chi connectivity index (χ3n) is 4.10. The van der Waals surface area contributed by atoms with Gasteiger partial charge in [-0.2, -0.15) is 0 Å². The molecule has 1 heterocycles. The Bertz CT molecular complexity index is 1000. The average Bonchev–Trinajstić information content (AvgIpc) is 2.96. The number of hydrogen-bond acceptors (Lipinski definition) is 1. The van der Waals surface area contributed by atoms with Gasteiger partial charge in [-0.1, -0.05) is 74.0 Å². The lowest BCUT2D eigenvalue weighted by Crippen LogP contribution is -1.89. The Morgan fingerprint density at radius 1 is 0.760 bits per heavy atom. The van der Waals surface area contributed by atoms with Gasteiger partial charge in [0.05, 0.1) is 5.03 Å². The molecule has 0 atom stereocenters. The van der Waals surface area contributed by atoms with Crippen LogP contribution in [-0.2, 0) is 6.42 Å². The fourth-order valence-electron chi connectivity index (χ4n) is 2.86. The zero-order valence-electron chi connectivity index (χ0n) is 13.3. The Morgan fingerprint density at radius 3 is 2.12 bits per heavy atom. The number of benzene rings is 3. The lowest BCUT2D eigenvalue weighted by molar-refractivity contribution is 1.09. The van der Waals surface area contributed by atoms with Crippen LogP contribution in [0.25, 0.3) is 10.9 Å². The number of hydrogen-bond donors (Lipinski definition) is 1. The zero-order valence-corrected chi connectivity index (χ0v) is 17.3. The van der Waals surface area contributed by atoms with Gasteiger partial charge in [0.15, 0.2) is 0 Å². The summed E-state index contributed by atoms with van der Waals surface area (Å²) in [7, 11) is 0. The summed E-state index contributed by atoms with van der Waals surface area (Å²) in [4.78, 5) is 4.83. The van der Waals surface area contributed by atoms with Gasteiger partial charge in [-0.25, -0.2) is 0 Å². The molecule has 0 saturated heterocycles. The van der Waals surface area contributed by atoms with E-state index in [2.05, 4.69) is 110 Å². The molecule has 1 aromatic heterocycles. The normalized spacial score (nSPS) is 11.1. The van der Waals surface area contributed by atoms with Crippen LogP contribution in [0, 0.1) is 0 Å². The number of para-hydroxylation sites is 1. The van der Waals surface area contributed by atoms with Gasteiger partial charge in [-0.15, -0.1) is 0 Å². The number of aromatic nitrogens is 1. The molecule has 0 fully saturated rings. The molecule has 4 heteroatoms. The van der Waals surface area contributed by atoms with Gasteiger partial charge in [-0.3, -0.25) is 0 Å². The number of H-pyrrole nitrogens is 1. The summed E-state index contributed by atoms with van der Waals surface area (Å²) in [5.41, 5.74) is 3.85. The molecular formula is C21H15Br2NS. The van der Waals surface area contributed by atoms with Crippen molar-refractivity contribution in [3.63, 3.8) is 0 Å². The summed E-state index contributed by atoms with van der Waals surface area (Å²) in [5, 5.41) is 2.51. The molecule has 0 bridgehead atoms. The largest absolute Gasteiger partial charge is 0.349 e. The predicted octanol–water partition coefficient (Wildman–Crippen LogP) is 7.43. The van der Waals surface area contributed by atoms with Crippen LogP contribution in [0.2, 0.25) is 0 Å². The first-order valence-corrected chi connectivity index (χ1v) is 10.4. The molecule has 0 aliphatic carbocycles. The molecule has 1 N–H and O–H groups in total. The number of nitrogens with one attached hydrogen (secondary N) is 1. The van der Waals surface area contributed by atoms with Gasteiger partial charge in [0.25, 0.3) is 0 Å². The molecule has 0 amide bonds. The Balaban J connectivity index is 1.74. The Kier molecular flexibility index (Phi) is 5.02. The monoisotopic (exact) mass is 471 g/mol. The number of aromatic amines is 1. The summed E-state index contributed by atoms with van der Waals surface area (Å²) in [6, 6.07) is 25.5. The van der Waals surface area contributed by atoms with E-state index in [4.69, 9.17) is 0 Å². The van der Waals surface area contributed by atoms with Gasteiger partial charge in [-0.05, 0) is 53.6 Å². The lowest BCUT2D eigenvalue weighted by atomic mass is 10.0. The third kappa shape index (κ3) is 3.86. The minimum atomic E-state index is 0.913. The standard InChI is InChI=1S/C21H15Br2NS/c22-15-7-5-14(6-8-15)13-19-18-3-1-2-4-20(18)24-21(19)25-17-11-9-16(23)10-12-17/h1-12,24H,13H2. The molecule has 0 unspecified atom stereocenters. The highest BCUT2D eigenvalue weighted by Crippen LogP contribution is 2.36. The second-order valence-electron chi connectivity index (χ2n) is 5.84. The number of halogens is 2. The van der Waals surface area contributed by atoms with Crippen LogP contribution in [-0.4, -0.2) is 4.98 Å². The van der Waals surface area contributed by atoms with Gasteiger partial charge in [0, 0.05) is 31.2 Å². The van der Waals surface area contributed by atoms with Crippen LogP contribution >= 0.6 is 43.6 Å². The molecule has 124 valence electrons. The average molecular weight is 473 g/mol. The molecule has 0 saturated carbocycles. The van der Waals surface area contributed by atoms with Crippen LogP contribution in [0.5, 0.6) is 0 Å². The van der Waals surface area contributed by atoms with Crippen molar-refractivity contribution in [3.05, 3.63) is 92.9 Å². The highest BCUT2D eigenvalue weighted by atomic mass is 79.9. The fraction of sp³-hybridized carbons (Fsp3) is 0.0476. The van der Waals surface area contributed by atoms with Crippen LogP contribution in [0.3, 0.4) is 0 Å². The molecule has 4 rings (SSSR count). The highest BCUT2D eigenvalue weighted by molar-refractivity contribution is 9.10. The van der Waals surface area contributed by atoms with Gasteiger partial charge >= 0.3 is 0 Å². The fourth-order valence-corrected chi connectivity index (χ4v) is 4.37. The van der Waals surface area contributed by atoms with Crippen molar-refractivity contribution >= 4 is 54.5 Å². The van der Waals surface area contributed by atoms with Crippen molar-refractivity contribution in [2.45, 2.75) is 16.3 Å². The first-order chi connectivity index (χ1) is 12.2. The van der Waals surface area contributed by atoms with E-state index < -0.39 is 0 Å². The molecule has 0 aliphatic rings. The Labute approximate surface area is 168 Å². The van der Waals surface area contributed by atoms with Gasteiger partial charge in [0.1, 0.15) is 0 Å². The Hall–Kier alpha value is -1.49. The van der Waals surface area contributed by atoms with Crippen molar-refractivity contribution in [2.24, 2.45) is 0 Å². The molecule has 0 spiro atoms. The summed E-state index contributed by atoms with van der Waals surface area (Å²) in [6.45, 7) is 0. The zero-order chi connectivity index (χ0) is 17.2. The van der Waals surface area contributed by atoms with Crippen LogP contribution in [0.1, 0.15) is 11.1 Å². The highest BCUT2D eigenvalue weighted by Gasteiger charge is 2.13. The maximum absolute atomic E-state index is 3.60. The third-order valence-corrected chi connectivity index (χ3v) is 6.22. The maximum atomic E-state index is 3.60. The van der Waals surface area contributed by atoms with E-state index >= 15 is 0 Å². The van der Waals surface area contributed by atoms with E-state index in [1.807, 2.05) is 0 Å². The molecule has 1 nitrogen and oxygen atoms in total. The molecule has 0 aliphatic heterocycles. The topological polar surface area (TPSA) is 15.8 Å². The lowest BCUT2D eigenvalue weighted by Gasteiger charge is -2.06. The van der Waals surface area contributed by atoms with Crippen molar-refractivity contribution < 1.29 is 0 Å². The van der Waals surface area contributed by atoms with Crippen molar-refractivity contribution in [3.8, 4) is 0 Å². The van der Waals surface area contributed by atoms with Gasteiger partial charge in [0.2, 0.25) is 0 Å². The van der Waals surface area contributed by atoms with E-state index in [1.165, 1.54) is 32.0 Å². The molecule has 4 aromatic rings. The summed E-state index contributed by atoms with van der Waals surface area (Å²) < 4.78 is 2.21. The maximum Gasteiger partial charge on any atom is 0.0816 e. The first kappa shape index (κ1) is 17.0. The molecule has 3 aromatic carbocycles. The van der Waals surface area contributed by atoms with Crippen molar-refractivity contribution in [1.82, 2.24) is 4.98 Å². The second-order valence-corrected chi connectivity index (χ2v) is 8.75. The van der Waals surface area contributed by atoms with Crippen LogP contribution in [0.15, 0.2) is 91.7 Å². The van der Waals surface area contributed by atoms with E-state index in [0.717, 1.165) is 15.4 Å². The van der Waals surface area contributed by atoms with E-state index in [0.29, 0.717) is 0 Å². The molecule has 0 radical (unpaired) electrons. The Morgan fingerprint density at radius 2 is 1.40 bits per heavy atom. The molecule has 25 heavy (non-hydrogen) atoms. The predicted molar refractivity (Wildman–Crippen MR) is 114 cm³/mol. The molecular weight excluding hydrogens is 458 g/mol. The number of rotatable bonds is 4. The van der Waals surface area contributed by atoms with Crippen LogP contribution < -0.4 is 0 Å². The summed E-state index contributed by atoms with van der Waals surface area (Å²) in [6.07, 6.45) is 0.913. The van der Waals surface area contributed by atoms with E-state index in [1.54, 1.807) is 11.8 Å². The summed E-state index contributed by atoms with van der Waals surface area (Å²) >= 11 is 8.80. The second kappa shape index (κ2) is 7.40. The van der Waals surface area contributed by atoms with E-state index in [-0.39, 0.29) is 0 Å². The summed E-state index contributed by atoms with van der Waals surface area (Å²) in [5.74, 6) is 0. The van der Waals surface area contributed by atoms with Crippen molar-refractivity contribution in [2.75, 3.05) is 0 Å². The minimum absolute atomic E-state index is 0.913.